The van der Waals surface area contributed by atoms with Crippen molar-refractivity contribution >= 4 is 17.2 Å². The molecule has 1 amide bonds. The van der Waals surface area contributed by atoms with Gasteiger partial charge in [-0.15, -0.1) is 11.3 Å². The topological polar surface area (TPSA) is 87.7 Å². The second kappa shape index (κ2) is 7.61. The molecule has 1 aromatic carbocycles. The number of rotatable bonds is 5. The first-order valence-electron chi connectivity index (χ1n) is 8.37. The number of carbonyl (C=O) groups is 1. The summed E-state index contributed by atoms with van der Waals surface area (Å²) in [5.74, 6) is -0.171. The summed E-state index contributed by atoms with van der Waals surface area (Å²) >= 11 is 1.61. The fourth-order valence-electron chi connectivity index (χ4n) is 2.58. The van der Waals surface area contributed by atoms with Crippen LogP contribution >= 0.6 is 11.3 Å². The Hall–Kier alpha value is -2.80. The van der Waals surface area contributed by atoms with Crippen molar-refractivity contribution in [3.63, 3.8) is 0 Å². The molecule has 2 heterocycles. The Balaban J connectivity index is 1.83. The van der Waals surface area contributed by atoms with Crippen LogP contribution in [0.25, 0.3) is 11.3 Å². The SMILES string of the molecule is CC[C@H](NC(=O)c1cccc(-c2cncc(=O)[nH]2)c1)c1nc(C)c(C)s1. The Bertz CT molecular complexity index is 973. The van der Waals surface area contributed by atoms with Gasteiger partial charge in [0.2, 0.25) is 0 Å². The van der Waals surface area contributed by atoms with Crippen molar-refractivity contribution in [2.24, 2.45) is 0 Å². The number of aromatic amines is 1. The third-order valence-electron chi connectivity index (χ3n) is 4.15. The van der Waals surface area contributed by atoms with E-state index >= 15 is 0 Å². The van der Waals surface area contributed by atoms with Crippen LogP contribution in [0.4, 0.5) is 0 Å². The highest BCUT2D eigenvalue weighted by atomic mass is 32.1. The van der Waals surface area contributed by atoms with Crippen LogP contribution in [0.15, 0.2) is 41.5 Å². The maximum Gasteiger partial charge on any atom is 0.266 e. The Morgan fingerprint density at radius 2 is 2.12 bits per heavy atom. The monoisotopic (exact) mass is 368 g/mol. The zero-order valence-corrected chi connectivity index (χ0v) is 15.7. The molecular weight excluding hydrogens is 348 g/mol. The molecule has 0 bridgehead atoms. The van der Waals surface area contributed by atoms with Crippen LogP contribution in [0, 0.1) is 13.8 Å². The van der Waals surface area contributed by atoms with Gasteiger partial charge in [-0.1, -0.05) is 19.1 Å². The van der Waals surface area contributed by atoms with E-state index in [0.29, 0.717) is 11.3 Å². The number of aryl methyl sites for hydroxylation is 2. The number of aromatic nitrogens is 3. The number of nitrogens with zero attached hydrogens (tertiary/aromatic N) is 2. The van der Waals surface area contributed by atoms with Crippen LogP contribution in [0.3, 0.4) is 0 Å². The highest BCUT2D eigenvalue weighted by Crippen LogP contribution is 2.25. The third-order valence-corrected chi connectivity index (χ3v) is 5.33. The summed E-state index contributed by atoms with van der Waals surface area (Å²) < 4.78 is 0. The normalized spacial score (nSPS) is 12.0. The molecule has 6 nitrogen and oxygen atoms in total. The second-order valence-electron chi connectivity index (χ2n) is 6.02. The minimum atomic E-state index is -0.280. The Morgan fingerprint density at radius 1 is 1.31 bits per heavy atom. The number of amides is 1. The Kier molecular flexibility index (Phi) is 5.27. The summed E-state index contributed by atoms with van der Waals surface area (Å²) in [5.41, 5.74) is 2.55. The third kappa shape index (κ3) is 3.88. The van der Waals surface area contributed by atoms with Crippen LogP contribution in [0.5, 0.6) is 0 Å². The molecule has 0 saturated carbocycles. The van der Waals surface area contributed by atoms with Gasteiger partial charge in [0.1, 0.15) is 5.01 Å². The number of thiazole rings is 1. The van der Waals surface area contributed by atoms with Crippen molar-refractivity contribution in [1.29, 1.82) is 0 Å². The van der Waals surface area contributed by atoms with E-state index in [-0.39, 0.29) is 17.5 Å². The van der Waals surface area contributed by atoms with Crippen molar-refractivity contribution in [2.45, 2.75) is 33.2 Å². The standard InChI is InChI=1S/C19H20N4O2S/c1-4-15(19-21-11(2)12(3)26-19)23-18(25)14-7-5-6-13(8-14)16-9-20-10-17(24)22-16/h5-10,15H,4H2,1-3H3,(H,22,24)(H,23,25)/t15-/m0/s1. The van der Waals surface area contributed by atoms with Crippen molar-refractivity contribution in [1.82, 2.24) is 20.3 Å². The number of hydrogen-bond donors (Lipinski definition) is 2. The molecule has 0 fully saturated rings. The number of benzene rings is 1. The van der Waals surface area contributed by atoms with Gasteiger partial charge in [-0.05, 0) is 32.4 Å². The smallest absolute Gasteiger partial charge is 0.266 e. The molecule has 0 aliphatic carbocycles. The van der Waals surface area contributed by atoms with Gasteiger partial charge in [0, 0.05) is 16.0 Å². The van der Waals surface area contributed by atoms with Crippen LogP contribution in [0.1, 0.15) is 45.3 Å². The predicted octanol–water partition coefficient (Wildman–Crippen LogP) is 3.39. The number of carbonyl (C=O) groups excluding carboxylic acids is 1. The van der Waals surface area contributed by atoms with Gasteiger partial charge >= 0.3 is 0 Å². The molecular formula is C19H20N4O2S. The van der Waals surface area contributed by atoms with Crippen LogP contribution in [0.2, 0.25) is 0 Å². The quantitative estimate of drug-likeness (QED) is 0.722. The summed E-state index contributed by atoms with van der Waals surface area (Å²) in [6, 6.07) is 6.98. The van der Waals surface area contributed by atoms with Crippen molar-refractivity contribution in [2.75, 3.05) is 0 Å². The molecule has 0 aliphatic rings. The molecule has 0 radical (unpaired) electrons. The maximum absolute atomic E-state index is 12.7. The minimum Gasteiger partial charge on any atom is -0.343 e. The summed E-state index contributed by atoms with van der Waals surface area (Å²) in [6.07, 6.45) is 3.53. The van der Waals surface area contributed by atoms with Gasteiger partial charge in [-0.2, -0.15) is 0 Å². The summed E-state index contributed by atoms with van der Waals surface area (Å²) in [7, 11) is 0. The predicted molar refractivity (Wildman–Crippen MR) is 102 cm³/mol. The summed E-state index contributed by atoms with van der Waals surface area (Å²) in [4.78, 5) is 36.5. The lowest BCUT2D eigenvalue weighted by Crippen LogP contribution is -2.28. The molecule has 26 heavy (non-hydrogen) atoms. The van der Waals surface area contributed by atoms with Crippen LogP contribution in [-0.2, 0) is 0 Å². The molecule has 1 atom stereocenters. The van der Waals surface area contributed by atoms with E-state index < -0.39 is 0 Å². The maximum atomic E-state index is 12.7. The average Bonchev–Trinajstić information content (AvgIpc) is 2.98. The number of hydrogen-bond acceptors (Lipinski definition) is 5. The lowest BCUT2D eigenvalue weighted by atomic mass is 10.1. The molecule has 0 aliphatic heterocycles. The fourth-order valence-corrected chi connectivity index (χ4v) is 3.64. The van der Waals surface area contributed by atoms with Crippen LogP contribution < -0.4 is 10.9 Å². The van der Waals surface area contributed by atoms with Gasteiger partial charge in [-0.3, -0.25) is 14.6 Å². The van der Waals surface area contributed by atoms with Gasteiger partial charge in [0.15, 0.2) is 0 Å². The zero-order chi connectivity index (χ0) is 18.7. The first-order chi connectivity index (χ1) is 12.5. The first kappa shape index (κ1) is 18.0. The molecule has 134 valence electrons. The first-order valence-corrected chi connectivity index (χ1v) is 9.19. The van der Waals surface area contributed by atoms with E-state index in [0.717, 1.165) is 27.6 Å². The second-order valence-corrected chi connectivity index (χ2v) is 7.25. The zero-order valence-electron chi connectivity index (χ0n) is 14.9. The van der Waals surface area contributed by atoms with Gasteiger partial charge in [0.25, 0.3) is 11.5 Å². The van der Waals surface area contributed by atoms with Crippen molar-refractivity contribution < 1.29 is 4.79 Å². The highest BCUT2D eigenvalue weighted by Gasteiger charge is 2.18. The largest absolute Gasteiger partial charge is 0.343 e. The van der Waals surface area contributed by atoms with Gasteiger partial charge < -0.3 is 10.3 Å². The molecule has 0 saturated heterocycles. The Labute approximate surface area is 155 Å². The highest BCUT2D eigenvalue weighted by molar-refractivity contribution is 7.11. The average molecular weight is 368 g/mol. The fraction of sp³-hybridized carbons (Fsp3) is 0.263. The van der Waals surface area contributed by atoms with Gasteiger partial charge in [0.05, 0.1) is 29.8 Å². The van der Waals surface area contributed by atoms with E-state index in [1.165, 1.54) is 6.20 Å². The van der Waals surface area contributed by atoms with E-state index in [1.54, 1.807) is 35.7 Å². The van der Waals surface area contributed by atoms with E-state index in [9.17, 15) is 9.59 Å². The van der Waals surface area contributed by atoms with E-state index in [1.807, 2.05) is 26.8 Å². The molecule has 2 aromatic heterocycles. The summed E-state index contributed by atoms with van der Waals surface area (Å²) in [5, 5.41) is 3.97. The lowest BCUT2D eigenvalue weighted by molar-refractivity contribution is 0.0935. The van der Waals surface area contributed by atoms with Crippen molar-refractivity contribution in [3.8, 4) is 11.3 Å². The molecule has 0 spiro atoms. The van der Waals surface area contributed by atoms with E-state index in [4.69, 9.17) is 0 Å². The molecule has 7 heteroatoms. The van der Waals surface area contributed by atoms with Gasteiger partial charge in [-0.25, -0.2) is 4.98 Å². The minimum absolute atomic E-state index is 0.123. The van der Waals surface area contributed by atoms with E-state index in [2.05, 4.69) is 20.3 Å². The van der Waals surface area contributed by atoms with Crippen molar-refractivity contribution in [3.05, 3.63) is 68.2 Å². The Morgan fingerprint density at radius 3 is 2.77 bits per heavy atom. The molecule has 0 unspecified atom stereocenters. The number of nitrogens with one attached hydrogen (secondary N) is 2. The molecule has 3 aromatic rings. The molecule has 2 N–H and O–H groups in total. The molecule has 3 rings (SSSR count). The summed E-state index contributed by atoms with van der Waals surface area (Å²) in [6.45, 7) is 6.03. The lowest BCUT2D eigenvalue weighted by Gasteiger charge is -2.15. The number of H-pyrrole nitrogens is 1. The van der Waals surface area contributed by atoms with Crippen LogP contribution in [-0.4, -0.2) is 20.9 Å².